The number of hydrogen-bond donors (Lipinski definition) is 1. The van der Waals surface area contributed by atoms with E-state index in [2.05, 4.69) is 37.8 Å². The molecule has 3 unspecified atom stereocenters. The van der Waals surface area contributed by atoms with E-state index in [9.17, 15) is 0 Å². The molecule has 2 aliphatic rings. The van der Waals surface area contributed by atoms with Crippen molar-refractivity contribution in [3.05, 3.63) is 0 Å². The van der Waals surface area contributed by atoms with E-state index in [1.165, 1.54) is 43.6 Å². The van der Waals surface area contributed by atoms with Gasteiger partial charge < -0.3 is 10.1 Å². The zero-order chi connectivity index (χ0) is 13.0. The minimum atomic E-state index is 0.516. The van der Waals surface area contributed by atoms with Crippen molar-refractivity contribution in [3.63, 3.8) is 0 Å². The highest BCUT2D eigenvalue weighted by Gasteiger charge is 2.58. The van der Waals surface area contributed by atoms with Crippen LogP contribution in [0.25, 0.3) is 0 Å². The van der Waals surface area contributed by atoms with Crippen molar-refractivity contribution in [1.82, 2.24) is 5.32 Å². The number of ether oxygens (including phenoxy) is 1. The molecule has 18 heavy (non-hydrogen) atoms. The van der Waals surface area contributed by atoms with Crippen LogP contribution in [0.5, 0.6) is 0 Å². The lowest BCUT2D eigenvalue weighted by atomic mass is 9.51. The normalized spacial score (nSPS) is 30.8. The molecule has 1 N–H and O–H groups in total. The van der Waals surface area contributed by atoms with E-state index in [0.29, 0.717) is 17.6 Å². The van der Waals surface area contributed by atoms with Crippen molar-refractivity contribution in [2.75, 3.05) is 18.1 Å². The largest absolute Gasteiger partial charge is 0.378 e. The van der Waals surface area contributed by atoms with E-state index in [0.717, 1.165) is 12.6 Å². The maximum Gasteiger partial charge on any atom is 0.0661 e. The van der Waals surface area contributed by atoms with Crippen LogP contribution in [0.4, 0.5) is 0 Å². The van der Waals surface area contributed by atoms with Gasteiger partial charge in [-0.1, -0.05) is 13.3 Å². The molecule has 2 aliphatic carbocycles. The zero-order valence-electron chi connectivity index (χ0n) is 12.2. The van der Waals surface area contributed by atoms with Crippen LogP contribution in [0.15, 0.2) is 0 Å². The van der Waals surface area contributed by atoms with Gasteiger partial charge in [0.25, 0.3) is 0 Å². The predicted molar refractivity (Wildman–Crippen MR) is 80.3 cm³/mol. The van der Waals surface area contributed by atoms with E-state index < -0.39 is 0 Å². The highest BCUT2D eigenvalue weighted by molar-refractivity contribution is 7.99. The number of hydrogen-bond acceptors (Lipinski definition) is 3. The van der Waals surface area contributed by atoms with E-state index in [4.69, 9.17) is 4.74 Å². The molecular weight excluding hydrogens is 242 g/mol. The van der Waals surface area contributed by atoms with Gasteiger partial charge in [0.2, 0.25) is 0 Å². The fourth-order valence-corrected chi connectivity index (χ4v) is 4.31. The van der Waals surface area contributed by atoms with E-state index >= 15 is 0 Å². The lowest BCUT2D eigenvalue weighted by Crippen LogP contribution is -2.68. The molecular formula is C15H29NOS. The molecule has 0 amide bonds. The van der Waals surface area contributed by atoms with Crippen molar-refractivity contribution >= 4 is 11.8 Å². The average molecular weight is 271 g/mol. The Morgan fingerprint density at radius 1 is 1.39 bits per heavy atom. The first-order valence-electron chi connectivity index (χ1n) is 7.68. The molecule has 0 aromatic carbocycles. The van der Waals surface area contributed by atoms with Gasteiger partial charge in [-0.3, -0.25) is 0 Å². The fourth-order valence-electron chi connectivity index (χ4n) is 3.50. The first-order chi connectivity index (χ1) is 8.73. The summed E-state index contributed by atoms with van der Waals surface area (Å²) in [5.74, 6) is 2.53. The van der Waals surface area contributed by atoms with Gasteiger partial charge in [0.1, 0.15) is 0 Å². The highest BCUT2D eigenvalue weighted by Crippen LogP contribution is 2.57. The van der Waals surface area contributed by atoms with Gasteiger partial charge in [-0.15, -0.1) is 0 Å². The van der Waals surface area contributed by atoms with E-state index in [-0.39, 0.29) is 0 Å². The minimum Gasteiger partial charge on any atom is -0.378 e. The van der Waals surface area contributed by atoms with Crippen LogP contribution >= 0.6 is 11.8 Å². The van der Waals surface area contributed by atoms with E-state index in [1.54, 1.807) is 0 Å². The van der Waals surface area contributed by atoms with Crippen LogP contribution in [0.2, 0.25) is 0 Å². The Labute approximate surface area is 117 Å². The first kappa shape index (κ1) is 14.7. The van der Waals surface area contributed by atoms with Gasteiger partial charge in [-0.25, -0.2) is 0 Å². The third-order valence-electron chi connectivity index (χ3n) is 4.82. The Hall–Kier alpha value is 0.270. The second-order valence-electron chi connectivity index (χ2n) is 5.87. The Kier molecular flexibility index (Phi) is 5.40. The molecule has 0 radical (unpaired) electrons. The van der Waals surface area contributed by atoms with Gasteiger partial charge in [0.05, 0.1) is 6.10 Å². The van der Waals surface area contributed by atoms with E-state index in [1.807, 2.05) is 0 Å². The lowest BCUT2D eigenvalue weighted by molar-refractivity contribution is -0.174. The average Bonchev–Trinajstić information content (AvgIpc) is 2.25. The molecule has 2 fully saturated rings. The fraction of sp³-hybridized carbons (Fsp3) is 1.00. The Balaban J connectivity index is 1.73. The second kappa shape index (κ2) is 6.62. The summed E-state index contributed by atoms with van der Waals surface area (Å²) in [4.78, 5) is 0. The third kappa shape index (κ3) is 2.88. The molecule has 0 bridgehead atoms. The van der Waals surface area contributed by atoms with Gasteiger partial charge in [-0.05, 0) is 51.0 Å². The van der Waals surface area contributed by atoms with Crippen molar-refractivity contribution in [2.45, 2.75) is 71.1 Å². The van der Waals surface area contributed by atoms with Crippen LogP contribution in [0, 0.1) is 5.41 Å². The molecule has 2 nitrogen and oxygen atoms in total. The molecule has 0 heterocycles. The van der Waals surface area contributed by atoms with Crippen LogP contribution in [0.3, 0.4) is 0 Å². The monoisotopic (exact) mass is 271 g/mol. The van der Waals surface area contributed by atoms with Crippen molar-refractivity contribution < 1.29 is 4.74 Å². The summed E-state index contributed by atoms with van der Waals surface area (Å²) >= 11 is 2.05. The summed E-state index contributed by atoms with van der Waals surface area (Å²) in [5.41, 5.74) is 0.516. The molecule has 0 aliphatic heterocycles. The Morgan fingerprint density at radius 3 is 2.72 bits per heavy atom. The molecule has 106 valence electrons. The summed E-state index contributed by atoms with van der Waals surface area (Å²) in [5, 5.41) is 3.86. The molecule has 2 rings (SSSR count). The van der Waals surface area contributed by atoms with Gasteiger partial charge in [0, 0.05) is 24.1 Å². The topological polar surface area (TPSA) is 21.3 Å². The van der Waals surface area contributed by atoms with Gasteiger partial charge in [0.15, 0.2) is 0 Å². The third-order valence-corrected chi connectivity index (χ3v) is 5.75. The maximum absolute atomic E-state index is 5.90. The summed E-state index contributed by atoms with van der Waals surface area (Å²) in [6, 6.07) is 1.39. The number of nitrogens with one attached hydrogen (secondary N) is 1. The molecule has 3 heteroatoms. The summed E-state index contributed by atoms with van der Waals surface area (Å²) < 4.78 is 5.90. The smallest absolute Gasteiger partial charge is 0.0661 e. The molecule has 0 aromatic rings. The Morgan fingerprint density at radius 2 is 2.17 bits per heavy atom. The van der Waals surface area contributed by atoms with Crippen LogP contribution in [-0.2, 0) is 4.74 Å². The standard InChI is InChI=1S/C15H29NOS/c1-4-17-14-11-13(15(14)8-6-9-15)16-12(3)7-10-18-5-2/h12-14,16H,4-11H2,1-3H3. The van der Waals surface area contributed by atoms with Crippen LogP contribution < -0.4 is 5.32 Å². The quantitative estimate of drug-likeness (QED) is 0.683. The summed E-state index contributed by atoms with van der Waals surface area (Å²) in [7, 11) is 0. The SMILES string of the molecule is CCOC1CC(NC(C)CCSCC)C12CCC2. The number of thioether (sulfide) groups is 1. The van der Waals surface area contributed by atoms with Crippen molar-refractivity contribution in [2.24, 2.45) is 5.41 Å². The van der Waals surface area contributed by atoms with Gasteiger partial charge >= 0.3 is 0 Å². The maximum atomic E-state index is 5.90. The molecule has 1 spiro atoms. The summed E-state index contributed by atoms with van der Waals surface area (Å²) in [6.45, 7) is 7.58. The Bertz CT molecular complexity index is 255. The van der Waals surface area contributed by atoms with Crippen molar-refractivity contribution in [1.29, 1.82) is 0 Å². The molecule has 3 atom stereocenters. The second-order valence-corrected chi connectivity index (χ2v) is 7.27. The highest BCUT2D eigenvalue weighted by atomic mass is 32.2. The molecule has 0 aromatic heterocycles. The number of rotatable bonds is 8. The van der Waals surface area contributed by atoms with Gasteiger partial charge in [-0.2, -0.15) is 11.8 Å². The zero-order valence-corrected chi connectivity index (χ0v) is 13.0. The molecule has 0 saturated heterocycles. The minimum absolute atomic E-state index is 0.516. The molecule has 2 saturated carbocycles. The van der Waals surface area contributed by atoms with Crippen molar-refractivity contribution in [3.8, 4) is 0 Å². The summed E-state index contributed by atoms with van der Waals surface area (Å²) in [6.07, 6.45) is 7.24. The van der Waals surface area contributed by atoms with Crippen LogP contribution in [0.1, 0.15) is 52.9 Å². The first-order valence-corrected chi connectivity index (χ1v) is 8.83. The van der Waals surface area contributed by atoms with Crippen LogP contribution in [-0.4, -0.2) is 36.3 Å². The lowest BCUT2D eigenvalue weighted by Gasteiger charge is -2.61. The predicted octanol–water partition coefficient (Wildman–Crippen LogP) is 3.46.